The lowest BCUT2D eigenvalue weighted by Gasteiger charge is -2.21. The van der Waals surface area contributed by atoms with Gasteiger partial charge in [-0.05, 0) is 19.3 Å². The Morgan fingerprint density at radius 3 is 2.50 bits per heavy atom. The second kappa shape index (κ2) is 3.01. The molecule has 0 aliphatic heterocycles. The Kier molecular flexibility index (Phi) is 2.27. The minimum atomic E-state index is -0.765. The van der Waals surface area contributed by atoms with Gasteiger partial charge in [-0.25, -0.2) is 0 Å². The van der Waals surface area contributed by atoms with Crippen molar-refractivity contribution in [3.8, 4) is 0 Å². The molecule has 3 nitrogen and oxygen atoms in total. The zero-order valence-electron chi connectivity index (χ0n) is 5.79. The predicted octanol–water partition coefficient (Wildman–Crippen LogP) is 0.622. The van der Waals surface area contributed by atoms with E-state index in [-0.39, 0.29) is 12.0 Å². The number of rotatable bonds is 1. The van der Waals surface area contributed by atoms with E-state index < -0.39 is 5.97 Å². The average molecular weight is 145 g/mol. The summed E-state index contributed by atoms with van der Waals surface area (Å²) < 4.78 is 0. The van der Waals surface area contributed by atoms with Crippen molar-refractivity contribution >= 4 is 5.97 Å². The monoisotopic (exact) mass is 145 g/mol. The topological polar surface area (TPSA) is 57.5 Å². The normalized spacial score (nSPS) is 33.7. The lowest BCUT2D eigenvalue weighted by molar-refractivity contribution is -0.144. The van der Waals surface area contributed by atoms with Crippen LogP contribution in [0.5, 0.6) is 0 Å². The summed E-state index contributed by atoms with van der Waals surface area (Å²) in [7, 11) is 0. The highest BCUT2D eigenvalue weighted by atomic mass is 16.5. The summed E-state index contributed by atoms with van der Waals surface area (Å²) in [4.78, 5) is 10.4. The number of carbonyl (C=O) groups is 1. The van der Waals surface area contributed by atoms with Crippen molar-refractivity contribution in [3.05, 3.63) is 0 Å². The maximum Gasteiger partial charge on any atom is 0.306 e. The molecule has 58 valence electrons. The summed E-state index contributed by atoms with van der Waals surface area (Å²) in [6.07, 6.45) is 2.40. The second-order valence-electron chi connectivity index (χ2n) is 2.86. The van der Waals surface area contributed by atoms with E-state index in [4.69, 9.17) is 10.2 Å². The van der Waals surface area contributed by atoms with Gasteiger partial charge in [0.25, 0.3) is 0 Å². The molecule has 1 rings (SSSR count). The van der Waals surface area contributed by atoms with Crippen LogP contribution in [0.1, 0.15) is 25.7 Å². The van der Waals surface area contributed by atoms with Crippen LogP contribution in [0.2, 0.25) is 0 Å². The van der Waals surface area contributed by atoms with Gasteiger partial charge < -0.3 is 10.2 Å². The van der Waals surface area contributed by atoms with Gasteiger partial charge in [-0.1, -0.05) is 6.42 Å². The molecule has 0 heterocycles. The van der Waals surface area contributed by atoms with Crippen LogP contribution in [0.15, 0.2) is 0 Å². The number of aliphatic carboxylic acids is 1. The van der Waals surface area contributed by atoms with Crippen LogP contribution in [0.25, 0.3) is 0 Å². The molecule has 0 aromatic heterocycles. The number of aliphatic hydroxyl groups is 1. The van der Waals surface area contributed by atoms with E-state index in [1.54, 1.807) is 0 Å². The molecule has 1 fully saturated rings. The Morgan fingerprint density at radius 1 is 1.40 bits per heavy atom. The van der Waals surface area contributed by atoms with E-state index >= 15 is 0 Å². The molecule has 10 heavy (non-hydrogen) atoms. The van der Waals surface area contributed by atoms with E-state index in [0.717, 1.165) is 19.3 Å². The summed E-state index contributed by atoms with van der Waals surface area (Å²) in [5.74, 6) is -1.07. The van der Waals surface area contributed by atoms with Crippen molar-refractivity contribution in [2.75, 3.05) is 0 Å². The number of hydrogen-bond acceptors (Lipinski definition) is 2. The molecule has 2 atom stereocenters. The summed E-state index contributed by atoms with van der Waals surface area (Å²) in [6.45, 7) is 0. The van der Waals surface area contributed by atoms with E-state index in [1.807, 2.05) is 0 Å². The van der Waals surface area contributed by atoms with Crippen molar-refractivity contribution in [1.29, 1.82) is 0 Å². The molecule has 0 spiro atoms. The van der Waals surface area contributed by atoms with Crippen LogP contribution in [-0.2, 0) is 4.79 Å². The molecular formula is C7H12O3. The van der Waals surface area contributed by atoms with Crippen molar-refractivity contribution in [3.63, 3.8) is 0 Å². The van der Waals surface area contributed by atoms with Crippen LogP contribution < -0.4 is 0 Å². The molecule has 0 aromatic carbocycles. The Bertz CT molecular complexity index is 133. The van der Waals surface area contributed by atoms with Crippen LogP contribution in [0.4, 0.5) is 0 Å². The highest BCUT2D eigenvalue weighted by molar-refractivity contribution is 5.70. The van der Waals surface area contributed by atoms with Gasteiger partial charge in [0.05, 0.1) is 12.0 Å². The molecule has 0 amide bonds. The summed E-state index contributed by atoms with van der Waals surface area (Å²) in [5.41, 5.74) is 0. The Morgan fingerprint density at radius 2 is 2.10 bits per heavy atom. The zero-order valence-corrected chi connectivity index (χ0v) is 5.79. The Balaban J connectivity index is 2.39. The van der Waals surface area contributed by atoms with Crippen molar-refractivity contribution in [2.45, 2.75) is 31.8 Å². The zero-order chi connectivity index (χ0) is 7.56. The van der Waals surface area contributed by atoms with Gasteiger partial charge in [0.2, 0.25) is 0 Å². The van der Waals surface area contributed by atoms with Crippen molar-refractivity contribution < 1.29 is 15.0 Å². The third-order valence-electron chi connectivity index (χ3n) is 2.00. The quantitative estimate of drug-likeness (QED) is 0.532. The smallest absolute Gasteiger partial charge is 0.306 e. The molecule has 1 aliphatic rings. The van der Waals surface area contributed by atoms with Crippen LogP contribution in [0, 0.1) is 5.92 Å². The van der Waals surface area contributed by atoms with Crippen molar-refractivity contribution in [2.24, 2.45) is 5.92 Å². The van der Waals surface area contributed by atoms with Gasteiger partial charge in [0.1, 0.15) is 0 Å². The van der Waals surface area contributed by atoms with Gasteiger partial charge >= 0.3 is 5.97 Å². The third kappa shape index (κ3) is 1.70. The fourth-order valence-corrected chi connectivity index (χ4v) is 1.39. The summed E-state index contributed by atoms with van der Waals surface area (Å²) in [5, 5.41) is 17.6. The number of carboxylic acids is 1. The molecule has 0 radical (unpaired) electrons. The Hall–Kier alpha value is -0.570. The first-order valence-corrected chi connectivity index (χ1v) is 3.61. The second-order valence-corrected chi connectivity index (χ2v) is 2.86. The number of aliphatic hydroxyl groups excluding tert-OH is 1. The summed E-state index contributed by atoms with van der Waals surface area (Å²) >= 11 is 0. The molecule has 3 heteroatoms. The number of hydrogen-bond donors (Lipinski definition) is 2. The average Bonchev–Trinajstić information content (AvgIpc) is 1.88. The fraction of sp³-hybridized carbons (Fsp3) is 0.857. The first kappa shape index (κ1) is 7.54. The molecule has 2 N–H and O–H groups in total. The molecule has 0 aromatic rings. The number of carboxylic acid groups (broad SMARTS) is 1. The maximum atomic E-state index is 10.4. The first-order valence-electron chi connectivity index (χ1n) is 3.61. The summed E-state index contributed by atoms with van der Waals surface area (Å²) in [6, 6.07) is 0. The Labute approximate surface area is 59.7 Å². The van der Waals surface area contributed by atoms with E-state index in [0.29, 0.717) is 6.42 Å². The van der Waals surface area contributed by atoms with Gasteiger partial charge in [0.15, 0.2) is 0 Å². The minimum Gasteiger partial charge on any atom is -0.481 e. The van der Waals surface area contributed by atoms with Gasteiger partial charge in [0, 0.05) is 0 Å². The minimum absolute atomic E-state index is 0.302. The van der Waals surface area contributed by atoms with Gasteiger partial charge in [-0.2, -0.15) is 0 Å². The molecule has 0 unspecified atom stereocenters. The van der Waals surface area contributed by atoms with E-state index in [2.05, 4.69) is 0 Å². The van der Waals surface area contributed by atoms with Crippen molar-refractivity contribution in [1.82, 2.24) is 0 Å². The predicted molar refractivity (Wildman–Crippen MR) is 35.6 cm³/mol. The first-order chi connectivity index (χ1) is 4.70. The molecule has 1 aliphatic carbocycles. The van der Waals surface area contributed by atoms with Crippen LogP contribution in [0.3, 0.4) is 0 Å². The fourth-order valence-electron chi connectivity index (χ4n) is 1.39. The standard InChI is InChI=1S/C7H12O3/c8-6-3-1-2-5(4-6)7(9)10/h5-6,8H,1-4H2,(H,9,10)/t5-,6-/m1/s1/i7+1. The van der Waals surface area contributed by atoms with Crippen LogP contribution in [-0.4, -0.2) is 22.3 Å². The van der Waals surface area contributed by atoms with Gasteiger partial charge in [-0.3, -0.25) is 4.79 Å². The molecule has 1 saturated carbocycles. The molecular weight excluding hydrogens is 133 g/mol. The highest BCUT2D eigenvalue weighted by Crippen LogP contribution is 2.23. The molecule has 0 bridgehead atoms. The van der Waals surface area contributed by atoms with Gasteiger partial charge in [-0.15, -0.1) is 0 Å². The molecule has 0 saturated heterocycles. The SMILES string of the molecule is O=[13C](O)[C@@H]1CCC[C@@H](O)C1. The van der Waals surface area contributed by atoms with E-state index in [9.17, 15) is 4.79 Å². The lowest BCUT2D eigenvalue weighted by Crippen LogP contribution is -2.25. The van der Waals surface area contributed by atoms with E-state index in [1.165, 1.54) is 0 Å². The lowest BCUT2D eigenvalue weighted by atomic mass is 9.92. The van der Waals surface area contributed by atoms with Crippen LogP contribution >= 0.6 is 0 Å². The highest BCUT2D eigenvalue weighted by Gasteiger charge is 2.25. The third-order valence-corrected chi connectivity index (χ3v) is 2.00. The largest absolute Gasteiger partial charge is 0.481 e. The maximum absolute atomic E-state index is 10.4.